The van der Waals surface area contributed by atoms with E-state index in [1.54, 1.807) is 7.11 Å². The van der Waals surface area contributed by atoms with Gasteiger partial charge in [0.2, 0.25) is 27.7 Å². The van der Waals surface area contributed by atoms with Crippen LogP contribution in [0.3, 0.4) is 0 Å². The van der Waals surface area contributed by atoms with Crippen LogP contribution in [0.25, 0.3) is 17.0 Å². The molecule has 5 fully saturated rings. The van der Waals surface area contributed by atoms with Gasteiger partial charge >= 0.3 is 6.09 Å². The van der Waals surface area contributed by atoms with Gasteiger partial charge in [-0.05, 0) is 101 Å². The van der Waals surface area contributed by atoms with Gasteiger partial charge in [0.25, 0.3) is 5.91 Å². The number of allylic oxidation sites excluding steroid dienone is 1. The number of alkyl carbamates (subject to hydrolysis) is 1. The molecule has 3 N–H and O–H groups in total. The quantitative estimate of drug-likeness (QED) is 0.310. The Morgan fingerprint density at radius 1 is 1.02 bits per heavy atom. The number of sulfonamides is 1. The minimum Gasteiger partial charge on any atom is -0.497 e. The number of pyridine rings is 1. The topological polar surface area (TPSA) is 182 Å². The molecule has 4 saturated carbocycles. The van der Waals surface area contributed by atoms with Gasteiger partial charge in [-0.3, -0.25) is 19.1 Å². The molecule has 4 amide bonds. The predicted molar refractivity (Wildman–Crippen MR) is 211 cm³/mol. The van der Waals surface area contributed by atoms with Gasteiger partial charge in [-0.15, -0.1) is 6.58 Å². The number of nitrogens with zero attached hydrogens (tertiary/aromatic N) is 2. The van der Waals surface area contributed by atoms with Crippen LogP contribution >= 0.6 is 0 Å². The molecule has 2 aliphatic heterocycles. The van der Waals surface area contributed by atoms with Crippen molar-refractivity contribution in [3.8, 4) is 11.6 Å². The number of fused-ring (bicyclic) bond motifs is 5. The van der Waals surface area contributed by atoms with Crippen molar-refractivity contribution in [1.29, 1.82) is 0 Å². The summed E-state index contributed by atoms with van der Waals surface area (Å²) in [5.41, 5.74) is -0.141. The van der Waals surface area contributed by atoms with E-state index in [1.807, 2.05) is 30.3 Å². The monoisotopic (exact) mass is 803 g/mol. The predicted octanol–water partition coefficient (Wildman–Crippen LogP) is 4.91. The molecule has 1 saturated heterocycles. The summed E-state index contributed by atoms with van der Waals surface area (Å²) in [6.45, 7) is 3.82. The number of hydrogen-bond acceptors (Lipinski definition) is 10. The molecule has 15 heteroatoms. The molecule has 2 aromatic rings. The summed E-state index contributed by atoms with van der Waals surface area (Å²) in [6.07, 6.45) is 13.8. The average Bonchev–Trinajstić information content (AvgIpc) is 3.98. The number of ether oxygens (including phenoxy) is 3. The van der Waals surface area contributed by atoms with Crippen LogP contribution in [-0.4, -0.2) is 90.9 Å². The summed E-state index contributed by atoms with van der Waals surface area (Å²) in [5, 5.41) is 6.06. The van der Waals surface area contributed by atoms with Crippen molar-refractivity contribution in [2.45, 2.75) is 125 Å². The molecule has 306 valence electrons. The van der Waals surface area contributed by atoms with E-state index in [-0.39, 0.29) is 37.3 Å². The number of amides is 4. The number of methoxy groups -OCH3 is 1. The number of carbonyl (C=O) groups is 4. The first-order valence-corrected chi connectivity index (χ1v) is 22.1. The van der Waals surface area contributed by atoms with Crippen LogP contribution in [0.4, 0.5) is 4.79 Å². The summed E-state index contributed by atoms with van der Waals surface area (Å²) in [5.74, 6) is -1.35. The number of hydrogen-bond donors (Lipinski definition) is 3. The Labute approximate surface area is 333 Å². The number of benzene rings is 1. The molecule has 57 heavy (non-hydrogen) atoms. The van der Waals surface area contributed by atoms with Crippen molar-refractivity contribution in [2.24, 2.45) is 17.8 Å². The summed E-state index contributed by atoms with van der Waals surface area (Å²) in [4.78, 5) is 63.0. The summed E-state index contributed by atoms with van der Waals surface area (Å²) >= 11 is 0. The van der Waals surface area contributed by atoms with Crippen LogP contribution in [0, 0.1) is 17.8 Å². The zero-order valence-corrected chi connectivity index (χ0v) is 33.3. The highest BCUT2D eigenvalue weighted by Crippen LogP contribution is 2.46. The number of rotatable bonds is 8. The van der Waals surface area contributed by atoms with E-state index < -0.39 is 68.7 Å². The Hall–Kier alpha value is -4.66. The fraction of sp³-hybridized carbons (Fsp3) is 0.595. The third-order valence-electron chi connectivity index (χ3n) is 12.9. The van der Waals surface area contributed by atoms with Crippen LogP contribution in [0.1, 0.15) is 95.5 Å². The van der Waals surface area contributed by atoms with Gasteiger partial charge in [0.15, 0.2) is 0 Å². The Morgan fingerprint density at radius 3 is 2.53 bits per heavy atom. The van der Waals surface area contributed by atoms with Crippen LogP contribution in [-0.2, 0) is 29.1 Å². The second kappa shape index (κ2) is 15.9. The van der Waals surface area contributed by atoms with Crippen molar-refractivity contribution < 1.29 is 41.8 Å². The molecule has 7 atom stereocenters. The largest absolute Gasteiger partial charge is 0.497 e. The number of carbonyl (C=O) groups excluding carboxylic acids is 4. The molecule has 1 aromatic heterocycles. The lowest BCUT2D eigenvalue weighted by molar-refractivity contribution is -0.142. The summed E-state index contributed by atoms with van der Waals surface area (Å²) in [6, 6.07) is 5.58. The Kier molecular flexibility index (Phi) is 11.0. The average molecular weight is 804 g/mol. The molecule has 0 spiro atoms. The zero-order chi connectivity index (χ0) is 39.9. The maximum atomic E-state index is 14.9. The van der Waals surface area contributed by atoms with Gasteiger partial charge < -0.3 is 29.7 Å². The highest BCUT2D eigenvalue weighted by atomic mass is 32.2. The Balaban J connectivity index is 1.14. The molecular formula is C42H53N5O9S. The van der Waals surface area contributed by atoms with Gasteiger partial charge in [-0.1, -0.05) is 31.1 Å². The fourth-order valence-electron chi connectivity index (χ4n) is 9.38. The van der Waals surface area contributed by atoms with E-state index in [1.165, 1.54) is 11.0 Å². The smallest absolute Gasteiger partial charge is 0.408 e. The lowest BCUT2D eigenvalue weighted by atomic mass is 9.96. The minimum atomic E-state index is -3.90. The molecular weight excluding hydrogens is 751 g/mol. The number of nitrogens with one attached hydrogen (secondary N) is 3. The van der Waals surface area contributed by atoms with E-state index >= 15 is 0 Å². The molecule has 3 heterocycles. The first kappa shape index (κ1) is 39.2. The maximum absolute atomic E-state index is 14.9. The molecule has 1 aromatic carbocycles. The van der Waals surface area contributed by atoms with Crippen molar-refractivity contribution in [1.82, 2.24) is 25.2 Å². The Morgan fingerprint density at radius 2 is 1.79 bits per heavy atom. The first-order valence-electron chi connectivity index (χ1n) is 20.6. The van der Waals surface area contributed by atoms with Crippen molar-refractivity contribution in [3.63, 3.8) is 0 Å². The summed E-state index contributed by atoms with van der Waals surface area (Å²) in [7, 11) is -2.31. The SMILES string of the molecule is C=C[C@@H]1C[C@]1(NC(=O)[C@@H]1C[C@@H]2CN1C(=O)[C@H](C1CCCC1)NC(=O)O[C@@H]1CCC[C@H]1CCC/C=C/c1cc3ccc(OC)cc3nc1O2)C(=O)NS(=O)(=O)C1CC1. The van der Waals surface area contributed by atoms with Gasteiger partial charge in [0.05, 0.1) is 24.4 Å². The van der Waals surface area contributed by atoms with E-state index in [4.69, 9.17) is 19.2 Å². The van der Waals surface area contributed by atoms with E-state index in [2.05, 4.69) is 28.0 Å². The lowest BCUT2D eigenvalue weighted by Gasteiger charge is -2.32. The van der Waals surface area contributed by atoms with Crippen molar-refractivity contribution in [3.05, 3.63) is 48.6 Å². The van der Waals surface area contributed by atoms with Crippen LogP contribution in [0.2, 0.25) is 0 Å². The highest BCUT2D eigenvalue weighted by Gasteiger charge is 2.62. The van der Waals surface area contributed by atoms with E-state index in [0.717, 1.165) is 75.2 Å². The fourth-order valence-corrected chi connectivity index (χ4v) is 10.7. The van der Waals surface area contributed by atoms with Gasteiger partial charge in [0, 0.05) is 29.4 Å². The molecule has 4 aliphatic carbocycles. The second-order valence-corrected chi connectivity index (χ2v) is 18.7. The number of aromatic nitrogens is 1. The molecule has 8 rings (SSSR count). The molecule has 2 bridgehead atoms. The standard InChI is InChI=1S/C42H53N5O9S/c1-3-29-23-42(29,40(50)46-57(52,53)32-18-19-32)45-37(48)34-22-31-24-47(34)39(49)36(26-11-7-8-12-26)44-41(51)56-35-15-9-14-25(35)10-5-4-6-13-28-20-27-16-17-30(54-2)21-33(27)43-38(28)55-31/h3,6,13,16-17,20-21,25-26,29,31-32,34-36H,1,4-5,7-12,14-15,18-19,22-24H2,2H3,(H,44,51)(H,45,48)(H,46,50)/b13-6+/t25-,29-,31-,34+,35-,36+,42-/m1/s1. The minimum absolute atomic E-state index is 0.00267. The molecule has 6 aliphatic rings. The Bertz CT molecular complexity index is 2060. The molecule has 14 nitrogen and oxygen atoms in total. The van der Waals surface area contributed by atoms with Gasteiger partial charge in [-0.2, -0.15) is 0 Å². The van der Waals surface area contributed by atoms with E-state index in [0.29, 0.717) is 30.0 Å². The summed E-state index contributed by atoms with van der Waals surface area (Å²) < 4.78 is 46.0. The normalized spacial score (nSPS) is 31.4. The highest BCUT2D eigenvalue weighted by molar-refractivity contribution is 7.91. The third kappa shape index (κ3) is 8.22. The first-order chi connectivity index (χ1) is 27.5. The lowest BCUT2D eigenvalue weighted by Crippen LogP contribution is -2.59. The third-order valence-corrected chi connectivity index (χ3v) is 14.7. The van der Waals surface area contributed by atoms with Crippen LogP contribution in [0.5, 0.6) is 11.6 Å². The van der Waals surface area contributed by atoms with Crippen LogP contribution in [0.15, 0.2) is 43.0 Å². The zero-order valence-electron chi connectivity index (χ0n) is 32.5. The van der Waals surface area contributed by atoms with Gasteiger partial charge in [0.1, 0.15) is 35.6 Å². The van der Waals surface area contributed by atoms with Crippen LogP contribution < -0.4 is 24.8 Å². The second-order valence-electron chi connectivity index (χ2n) is 16.7. The molecule has 0 radical (unpaired) electrons. The molecule has 0 unspecified atom stereocenters. The maximum Gasteiger partial charge on any atom is 0.408 e. The van der Waals surface area contributed by atoms with Crippen molar-refractivity contribution in [2.75, 3.05) is 13.7 Å². The van der Waals surface area contributed by atoms with Crippen molar-refractivity contribution >= 4 is 50.8 Å². The van der Waals surface area contributed by atoms with E-state index in [9.17, 15) is 27.6 Å². The van der Waals surface area contributed by atoms with Gasteiger partial charge in [-0.25, -0.2) is 18.2 Å².